The molecule has 3 rings (SSSR count). The van der Waals surface area contributed by atoms with Crippen LogP contribution in [0.1, 0.15) is 35.7 Å². The minimum Gasteiger partial charge on any atom is -0.338 e. The average Bonchev–Trinajstić information content (AvgIpc) is 3.04. The molecule has 2 aromatic rings. The first-order valence-corrected chi connectivity index (χ1v) is 6.97. The number of imidazole rings is 1. The monoisotopic (exact) mass is 342 g/mol. The summed E-state index contributed by atoms with van der Waals surface area (Å²) in [7, 11) is 0. The second kappa shape index (κ2) is 4.42. The van der Waals surface area contributed by atoms with Gasteiger partial charge >= 0.3 is 6.18 Å². The van der Waals surface area contributed by atoms with Gasteiger partial charge < -0.3 is 4.98 Å². The Morgan fingerprint density at radius 3 is 2.30 bits per heavy atom. The Morgan fingerprint density at radius 1 is 1.15 bits per heavy atom. The van der Waals surface area contributed by atoms with Crippen molar-refractivity contribution in [2.75, 3.05) is 0 Å². The van der Waals surface area contributed by atoms with Crippen LogP contribution in [0.2, 0.25) is 0 Å². The van der Waals surface area contributed by atoms with Gasteiger partial charge in [-0.15, -0.1) is 0 Å². The fourth-order valence-corrected chi connectivity index (χ4v) is 2.41. The highest BCUT2D eigenvalue weighted by Gasteiger charge is 2.37. The van der Waals surface area contributed by atoms with Gasteiger partial charge in [-0.1, -0.05) is 34.8 Å². The zero-order valence-corrected chi connectivity index (χ0v) is 12.1. The lowest BCUT2D eigenvalue weighted by atomic mass is 10.0. The van der Waals surface area contributed by atoms with Crippen LogP contribution in [0.3, 0.4) is 0 Å². The van der Waals surface area contributed by atoms with E-state index < -0.39 is 15.5 Å². The first-order valence-electron chi connectivity index (χ1n) is 5.84. The van der Waals surface area contributed by atoms with Crippen LogP contribution < -0.4 is 0 Å². The molecule has 1 aliphatic carbocycles. The highest BCUT2D eigenvalue weighted by Crippen LogP contribution is 2.45. The normalized spacial score (nSPS) is 16.9. The lowest BCUT2D eigenvalue weighted by Gasteiger charge is -2.09. The van der Waals surface area contributed by atoms with Crippen molar-refractivity contribution in [1.29, 1.82) is 0 Å². The SMILES string of the molecule is FC(F)(F)c1cc(C2CC2)cc2[nH]c(C(Cl)(Cl)Cl)nc12. The van der Waals surface area contributed by atoms with Crippen molar-refractivity contribution in [3.8, 4) is 0 Å². The summed E-state index contributed by atoms with van der Waals surface area (Å²) >= 11 is 17.0. The molecule has 0 radical (unpaired) electrons. The number of rotatable bonds is 1. The summed E-state index contributed by atoms with van der Waals surface area (Å²) in [5, 5.41) is 0. The molecule has 0 bridgehead atoms. The van der Waals surface area contributed by atoms with Gasteiger partial charge in [0.2, 0.25) is 3.79 Å². The van der Waals surface area contributed by atoms with Crippen molar-refractivity contribution < 1.29 is 13.2 Å². The molecule has 0 amide bonds. The van der Waals surface area contributed by atoms with Crippen molar-refractivity contribution in [3.05, 3.63) is 29.1 Å². The molecule has 1 aliphatic rings. The van der Waals surface area contributed by atoms with Gasteiger partial charge in [0.1, 0.15) is 5.52 Å². The number of nitrogens with zero attached hydrogens (tertiary/aromatic N) is 1. The van der Waals surface area contributed by atoms with Crippen LogP contribution in [0.4, 0.5) is 13.2 Å². The van der Waals surface area contributed by atoms with Gasteiger partial charge in [-0.05, 0) is 36.5 Å². The number of hydrogen-bond acceptors (Lipinski definition) is 1. The Morgan fingerprint density at radius 2 is 1.80 bits per heavy atom. The maximum atomic E-state index is 13.1. The van der Waals surface area contributed by atoms with Crippen molar-refractivity contribution in [3.63, 3.8) is 0 Å². The maximum absolute atomic E-state index is 13.1. The number of hydrogen-bond donors (Lipinski definition) is 1. The van der Waals surface area contributed by atoms with E-state index in [1.807, 2.05) is 0 Å². The first-order chi connectivity index (χ1) is 9.16. The zero-order valence-electron chi connectivity index (χ0n) is 9.86. The van der Waals surface area contributed by atoms with E-state index >= 15 is 0 Å². The smallest absolute Gasteiger partial charge is 0.338 e. The van der Waals surface area contributed by atoms with Crippen LogP contribution in [0.15, 0.2) is 12.1 Å². The van der Waals surface area contributed by atoms with E-state index in [-0.39, 0.29) is 22.8 Å². The quantitative estimate of drug-likeness (QED) is 0.701. The van der Waals surface area contributed by atoms with E-state index in [0.29, 0.717) is 5.56 Å². The summed E-state index contributed by atoms with van der Waals surface area (Å²) in [4.78, 5) is 6.46. The highest BCUT2D eigenvalue weighted by molar-refractivity contribution is 6.66. The van der Waals surface area contributed by atoms with Crippen LogP contribution in [0, 0.1) is 0 Å². The zero-order chi connectivity index (χ0) is 14.7. The van der Waals surface area contributed by atoms with Gasteiger partial charge in [0.25, 0.3) is 0 Å². The number of fused-ring (bicyclic) bond motifs is 1. The van der Waals surface area contributed by atoms with Crippen LogP contribution in [-0.4, -0.2) is 9.97 Å². The predicted molar refractivity (Wildman–Crippen MR) is 72.3 cm³/mol. The molecule has 0 unspecified atom stereocenters. The third kappa shape index (κ3) is 2.59. The number of halogens is 6. The van der Waals surface area contributed by atoms with E-state index in [4.69, 9.17) is 34.8 Å². The van der Waals surface area contributed by atoms with Crippen molar-refractivity contribution in [1.82, 2.24) is 9.97 Å². The predicted octanol–water partition coefficient (Wildman–Crippen LogP) is 5.29. The van der Waals surface area contributed by atoms with Crippen molar-refractivity contribution in [2.24, 2.45) is 0 Å². The molecule has 0 atom stereocenters. The lowest BCUT2D eigenvalue weighted by Crippen LogP contribution is -2.07. The van der Waals surface area contributed by atoms with E-state index in [0.717, 1.165) is 18.9 Å². The van der Waals surface area contributed by atoms with Gasteiger partial charge in [0, 0.05) is 0 Å². The molecular formula is C12H8Cl3F3N2. The Kier molecular flexibility index (Phi) is 3.16. The van der Waals surface area contributed by atoms with E-state index in [1.54, 1.807) is 6.07 Å². The molecule has 0 saturated heterocycles. The number of alkyl halides is 6. The van der Waals surface area contributed by atoms with Gasteiger partial charge in [-0.3, -0.25) is 0 Å². The number of H-pyrrole nitrogens is 1. The maximum Gasteiger partial charge on any atom is 0.418 e. The summed E-state index contributed by atoms with van der Waals surface area (Å²) < 4.78 is 37.5. The summed E-state index contributed by atoms with van der Waals surface area (Å²) in [5.74, 6) is 0.0657. The number of aromatic amines is 1. The fraction of sp³-hybridized carbons (Fsp3) is 0.417. The van der Waals surface area contributed by atoms with Crippen LogP contribution >= 0.6 is 34.8 Å². The Balaban J connectivity index is 2.25. The Hall–Kier alpha value is -0.650. The lowest BCUT2D eigenvalue weighted by molar-refractivity contribution is -0.136. The average molecular weight is 344 g/mol. The highest BCUT2D eigenvalue weighted by atomic mass is 35.6. The van der Waals surface area contributed by atoms with Gasteiger partial charge in [0.15, 0.2) is 5.82 Å². The largest absolute Gasteiger partial charge is 0.418 e. The number of nitrogens with one attached hydrogen (secondary N) is 1. The van der Waals surface area contributed by atoms with E-state index in [1.165, 1.54) is 0 Å². The number of aromatic nitrogens is 2. The molecule has 2 nitrogen and oxygen atoms in total. The van der Waals surface area contributed by atoms with Gasteiger partial charge in [-0.25, -0.2) is 4.98 Å². The van der Waals surface area contributed by atoms with Crippen molar-refractivity contribution >= 4 is 45.8 Å². The molecule has 1 fully saturated rings. The molecular weight excluding hydrogens is 335 g/mol. The van der Waals surface area contributed by atoms with E-state index in [2.05, 4.69) is 9.97 Å². The third-order valence-corrected chi connectivity index (χ3v) is 3.77. The second-order valence-corrected chi connectivity index (χ2v) is 7.10. The first kappa shape index (κ1) is 14.3. The molecule has 0 spiro atoms. The molecule has 1 aromatic heterocycles. The molecule has 108 valence electrons. The molecule has 20 heavy (non-hydrogen) atoms. The second-order valence-electron chi connectivity index (χ2n) is 4.82. The number of benzene rings is 1. The van der Waals surface area contributed by atoms with Crippen LogP contribution in [0.5, 0.6) is 0 Å². The minimum atomic E-state index is -4.50. The fourth-order valence-electron chi connectivity index (χ4n) is 2.14. The Labute approximate surface area is 127 Å². The van der Waals surface area contributed by atoms with Crippen molar-refractivity contribution in [2.45, 2.75) is 28.7 Å². The standard InChI is InChI=1S/C12H8Cl3F3N2/c13-11(14,15)10-19-8-4-6(5-1-2-5)3-7(9(8)20-10)12(16,17)18/h3-5H,1-2H2,(H,19,20). The van der Waals surface area contributed by atoms with Gasteiger partial charge in [-0.2, -0.15) is 13.2 Å². The summed E-state index contributed by atoms with van der Waals surface area (Å²) in [6.07, 6.45) is -2.70. The summed E-state index contributed by atoms with van der Waals surface area (Å²) in [6.45, 7) is 0. The Bertz CT molecular complexity index is 669. The molecule has 1 saturated carbocycles. The summed E-state index contributed by atoms with van der Waals surface area (Å²) in [5.41, 5.74) is -0.135. The third-order valence-electron chi connectivity index (χ3n) is 3.23. The van der Waals surface area contributed by atoms with Crippen LogP contribution in [0.25, 0.3) is 11.0 Å². The molecule has 0 aliphatic heterocycles. The molecule has 1 heterocycles. The summed E-state index contributed by atoms with van der Waals surface area (Å²) in [6, 6.07) is 2.79. The topological polar surface area (TPSA) is 28.7 Å². The molecule has 1 N–H and O–H groups in total. The molecule has 1 aromatic carbocycles. The van der Waals surface area contributed by atoms with Crippen LogP contribution in [-0.2, 0) is 9.97 Å². The van der Waals surface area contributed by atoms with E-state index in [9.17, 15) is 13.2 Å². The minimum absolute atomic E-state index is 0.115. The molecule has 8 heteroatoms. The van der Waals surface area contributed by atoms with Gasteiger partial charge in [0.05, 0.1) is 11.1 Å².